The number of H-pyrrole nitrogens is 1. The second-order valence-corrected chi connectivity index (χ2v) is 9.96. The number of benzene rings is 1. The van der Waals surface area contributed by atoms with Crippen LogP contribution in [0.3, 0.4) is 0 Å². The third-order valence-electron chi connectivity index (χ3n) is 7.50. The van der Waals surface area contributed by atoms with Crippen LogP contribution in [0.25, 0.3) is 27.9 Å². The lowest BCUT2D eigenvalue weighted by molar-refractivity contribution is 0.0713. The van der Waals surface area contributed by atoms with Crippen molar-refractivity contribution in [2.24, 2.45) is 0 Å². The highest BCUT2D eigenvalue weighted by Crippen LogP contribution is 2.41. The molecular formula is C28H27N7O. The maximum atomic E-state index is 13.9. The number of likely N-dealkylation sites (tertiary alicyclic amines) is 1. The van der Waals surface area contributed by atoms with E-state index in [4.69, 9.17) is 15.1 Å². The molecule has 8 heteroatoms. The van der Waals surface area contributed by atoms with Gasteiger partial charge >= 0.3 is 0 Å². The number of carbonyl (C=O) groups is 1. The fourth-order valence-electron chi connectivity index (χ4n) is 5.40. The van der Waals surface area contributed by atoms with Crippen LogP contribution >= 0.6 is 0 Å². The number of nitrogens with one attached hydrogen (secondary N) is 1. The maximum absolute atomic E-state index is 13.9. The average Bonchev–Trinajstić information content (AvgIpc) is 3.60. The number of imidazole rings is 1. The number of pyridine rings is 2. The minimum atomic E-state index is 0.0658. The van der Waals surface area contributed by atoms with Crippen molar-refractivity contribution in [3.05, 3.63) is 77.5 Å². The Morgan fingerprint density at radius 1 is 0.972 bits per heavy atom. The van der Waals surface area contributed by atoms with Crippen LogP contribution in [0, 0.1) is 6.92 Å². The Bertz CT molecular complexity index is 1560. The van der Waals surface area contributed by atoms with E-state index in [0.717, 1.165) is 65.0 Å². The van der Waals surface area contributed by atoms with E-state index < -0.39 is 0 Å². The lowest BCUT2D eigenvalue weighted by Crippen LogP contribution is -2.38. The number of aromatic amines is 1. The topological polar surface area (TPSA) is 92.6 Å². The van der Waals surface area contributed by atoms with Gasteiger partial charge in [-0.15, -0.1) is 0 Å². The number of aryl methyl sites for hydroxylation is 1. The number of aromatic nitrogens is 6. The Balaban J connectivity index is 1.21. The Labute approximate surface area is 208 Å². The van der Waals surface area contributed by atoms with Gasteiger partial charge in [0.2, 0.25) is 0 Å². The molecule has 2 aliphatic rings. The first-order chi connectivity index (χ1) is 17.7. The molecule has 1 aliphatic heterocycles. The SMILES string of the molecule is Cc1nn(-c2ccccn2)c2nc(C3CC3)cc(C(=O)N3CCC(c4nc5ccccc5[nH]4)CC3)c12. The Hall–Kier alpha value is -4.07. The number of para-hydroxylation sites is 2. The van der Waals surface area contributed by atoms with E-state index in [9.17, 15) is 4.79 Å². The summed E-state index contributed by atoms with van der Waals surface area (Å²) in [6.07, 6.45) is 5.77. The van der Waals surface area contributed by atoms with Crippen molar-refractivity contribution in [3.8, 4) is 5.82 Å². The van der Waals surface area contributed by atoms with Crippen LogP contribution in [0.4, 0.5) is 0 Å². The van der Waals surface area contributed by atoms with Gasteiger partial charge in [0.05, 0.1) is 27.7 Å². The van der Waals surface area contributed by atoms with Crippen molar-refractivity contribution in [3.63, 3.8) is 0 Å². The fraction of sp³-hybridized carbons (Fsp3) is 0.321. The van der Waals surface area contributed by atoms with Crippen molar-refractivity contribution >= 4 is 28.0 Å². The summed E-state index contributed by atoms with van der Waals surface area (Å²) < 4.78 is 1.78. The number of nitrogens with zero attached hydrogens (tertiary/aromatic N) is 6. The summed E-state index contributed by atoms with van der Waals surface area (Å²) in [6.45, 7) is 3.36. The molecule has 180 valence electrons. The molecule has 1 amide bonds. The number of amides is 1. The molecule has 36 heavy (non-hydrogen) atoms. The number of fused-ring (bicyclic) bond motifs is 2. The molecule has 7 rings (SSSR count). The first-order valence-corrected chi connectivity index (χ1v) is 12.7. The van der Waals surface area contributed by atoms with Gasteiger partial charge in [0.25, 0.3) is 5.91 Å². The van der Waals surface area contributed by atoms with Gasteiger partial charge in [-0.05, 0) is 62.9 Å². The molecule has 1 saturated carbocycles. The van der Waals surface area contributed by atoms with Crippen LogP contribution in [-0.4, -0.2) is 53.6 Å². The zero-order valence-electron chi connectivity index (χ0n) is 20.2. The molecule has 0 atom stereocenters. The van der Waals surface area contributed by atoms with Crippen molar-refractivity contribution < 1.29 is 4.79 Å². The van der Waals surface area contributed by atoms with Crippen LogP contribution in [0.1, 0.15) is 65.1 Å². The average molecular weight is 478 g/mol. The normalized spacial score (nSPS) is 16.8. The van der Waals surface area contributed by atoms with E-state index >= 15 is 0 Å². The highest BCUT2D eigenvalue weighted by molar-refractivity contribution is 6.07. The van der Waals surface area contributed by atoms with E-state index in [0.29, 0.717) is 36.3 Å². The summed E-state index contributed by atoms with van der Waals surface area (Å²) in [7, 11) is 0. The Morgan fingerprint density at radius 2 is 1.78 bits per heavy atom. The third kappa shape index (κ3) is 3.56. The van der Waals surface area contributed by atoms with Gasteiger partial charge in [-0.3, -0.25) is 4.79 Å². The number of carbonyl (C=O) groups excluding carboxylic acids is 1. The van der Waals surface area contributed by atoms with E-state index in [-0.39, 0.29) is 5.91 Å². The van der Waals surface area contributed by atoms with Crippen LogP contribution in [0.15, 0.2) is 54.7 Å². The molecule has 1 aromatic carbocycles. The summed E-state index contributed by atoms with van der Waals surface area (Å²) in [5.41, 5.74) is 5.28. The van der Waals surface area contributed by atoms with Crippen LogP contribution < -0.4 is 0 Å². The van der Waals surface area contributed by atoms with Crippen molar-refractivity contribution in [1.82, 2.24) is 34.6 Å². The van der Waals surface area contributed by atoms with Gasteiger partial charge in [-0.1, -0.05) is 18.2 Å². The summed E-state index contributed by atoms with van der Waals surface area (Å²) in [5, 5.41) is 5.58. The predicted molar refractivity (Wildman–Crippen MR) is 137 cm³/mol. The van der Waals surface area contributed by atoms with Gasteiger partial charge in [-0.2, -0.15) is 9.78 Å². The number of rotatable bonds is 4. The number of hydrogen-bond donors (Lipinski definition) is 1. The second kappa shape index (κ2) is 8.26. The van der Waals surface area contributed by atoms with E-state index in [1.807, 2.05) is 54.3 Å². The minimum absolute atomic E-state index is 0.0658. The van der Waals surface area contributed by atoms with Crippen molar-refractivity contribution in [2.45, 2.75) is 44.4 Å². The molecule has 0 radical (unpaired) electrons. The lowest BCUT2D eigenvalue weighted by Gasteiger charge is -2.31. The quantitative estimate of drug-likeness (QED) is 0.398. The predicted octanol–water partition coefficient (Wildman–Crippen LogP) is 4.90. The zero-order chi connectivity index (χ0) is 24.2. The molecule has 8 nitrogen and oxygen atoms in total. The van der Waals surface area contributed by atoms with E-state index in [1.165, 1.54) is 0 Å². The fourth-order valence-corrected chi connectivity index (χ4v) is 5.40. The van der Waals surface area contributed by atoms with Crippen molar-refractivity contribution in [1.29, 1.82) is 0 Å². The van der Waals surface area contributed by atoms with Gasteiger partial charge in [0, 0.05) is 36.8 Å². The summed E-state index contributed by atoms with van der Waals surface area (Å²) in [4.78, 5) is 33.6. The first kappa shape index (κ1) is 21.2. The number of piperidine rings is 1. The largest absolute Gasteiger partial charge is 0.342 e. The minimum Gasteiger partial charge on any atom is -0.342 e. The molecule has 4 aromatic heterocycles. The molecule has 1 aliphatic carbocycles. The van der Waals surface area contributed by atoms with Crippen LogP contribution in [0.2, 0.25) is 0 Å². The molecule has 5 heterocycles. The highest BCUT2D eigenvalue weighted by atomic mass is 16.2. The number of hydrogen-bond acceptors (Lipinski definition) is 5. The smallest absolute Gasteiger partial charge is 0.254 e. The standard InChI is InChI=1S/C28H27N7O/c1-17-25-20(16-23(18-9-10-18)32-27(25)35(33-17)24-8-4-5-13-29-24)28(36)34-14-11-19(12-15-34)26-30-21-6-2-3-7-22(21)31-26/h2-8,13,16,18-19H,9-12,14-15H2,1H3,(H,30,31). The molecule has 0 unspecified atom stereocenters. The Kier molecular flexibility index (Phi) is 4.87. The summed E-state index contributed by atoms with van der Waals surface area (Å²) >= 11 is 0. The van der Waals surface area contributed by atoms with Crippen LogP contribution in [0.5, 0.6) is 0 Å². The van der Waals surface area contributed by atoms with Gasteiger partial charge < -0.3 is 9.88 Å². The Morgan fingerprint density at radius 3 is 2.53 bits per heavy atom. The second-order valence-electron chi connectivity index (χ2n) is 9.96. The van der Waals surface area contributed by atoms with Crippen molar-refractivity contribution in [2.75, 3.05) is 13.1 Å². The molecule has 0 spiro atoms. The van der Waals surface area contributed by atoms with Gasteiger partial charge in [0.15, 0.2) is 11.5 Å². The maximum Gasteiger partial charge on any atom is 0.254 e. The molecule has 5 aromatic rings. The van der Waals surface area contributed by atoms with Gasteiger partial charge in [0.1, 0.15) is 5.82 Å². The monoisotopic (exact) mass is 477 g/mol. The molecule has 1 saturated heterocycles. The highest BCUT2D eigenvalue weighted by Gasteiger charge is 2.32. The lowest BCUT2D eigenvalue weighted by atomic mass is 9.95. The molecule has 2 fully saturated rings. The van der Waals surface area contributed by atoms with Crippen LogP contribution in [-0.2, 0) is 0 Å². The summed E-state index contributed by atoms with van der Waals surface area (Å²) in [6, 6.07) is 15.9. The molecule has 1 N–H and O–H groups in total. The third-order valence-corrected chi connectivity index (χ3v) is 7.50. The molecular weight excluding hydrogens is 450 g/mol. The van der Waals surface area contributed by atoms with Gasteiger partial charge in [-0.25, -0.2) is 15.0 Å². The van der Waals surface area contributed by atoms with E-state index in [2.05, 4.69) is 16.0 Å². The van der Waals surface area contributed by atoms with E-state index in [1.54, 1.807) is 10.9 Å². The zero-order valence-corrected chi connectivity index (χ0v) is 20.2. The molecule has 0 bridgehead atoms. The first-order valence-electron chi connectivity index (χ1n) is 12.7. The summed E-state index contributed by atoms with van der Waals surface area (Å²) in [5.74, 6) is 2.55.